The van der Waals surface area contributed by atoms with E-state index in [2.05, 4.69) is 54.3 Å². The quantitative estimate of drug-likeness (QED) is 0.633. The van der Waals surface area contributed by atoms with Crippen LogP contribution in [0.25, 0.3) is 0 Å². The number of hydrogen-bond acceptors (Lipinski definition) is 2. The van der Waals surface area contributed by atoms with E-state index in [0.717, 1.165) is 16.5 Å². The summed E-state index contributed by atoms with van der Waals surface area (Å²) in [6, 6.07) is 15.4. The fourth-order valence-electron chi connectivity index (χ4n) is 2.85. The summed E-state index contributed by atoms with van der Waals surface area (Å²) >= 11 is 3.41. The van der Waals surface area contributed by atoms with Crippen molar-refractivity contribution in [3.63, 3.8) is 0 Å². The van der Waals surface area contributed by atoms with Gasteiger partial charge in [-0.05, 0) is 47.1 Å². The molecule has 0 aliphatic rings. The van der Waals surface area contributed by atoms with Crippen LogP contribution in [0.15, 0.2) is 53.0 Å². The molecule has 0 saturated heterocycles. The maximum absolute atomic E-state index is 12.6. The van der Waals surface area contributed by atoms with Crippen LogP contribution in [0.1, 0.15) is 50.3 Å². The molecule has 150 valence electrons. The van der Waals surface area contributed by atoms with E-state index in [4.69, 9.17) is 5.73 Å². The predicted octanol–water partition coefficient (Wildman–Crippen LogP) is 4.68. The lowest BCUT2D eigenvalue weighted by molar-refractivity contribution is -0.134. The molecule has 2 rings (SSSR count). The van der Waals surface area contributed by atoms with Gasteiger partial charge in [0.05, 0.1) is 6.54 Å². The lowest BCUT2D eigenvalue weighted by Gasteiger charge is -2.23. The standard InChI is InChI=1S/C22H28BrN3O2/c1-22(2,3)18-11-7-17(8-12-18)15-26(25-21(24)28)20(27)6-4-5-16-9-13-19(23)14-10-16/h7-14H,4-6,15H2,1-3H3,(H3,24,25,28). The molecule has 6 heteroatoms. The van der Waals surface area contributed by atoms with Gasteiger partial charge in [0.2, 0.25) is 5.91 Å². The van der Waals surface area contributed by atoms with Crippen molar-refractivity contribution in [2.24, 2.45) is 5.73 Å². The van der Waals surface area contributed by atoms with Crippen LogP contribution in [0.5, 0.6) is 0 Å². The number of nitrogens with one attached hydrogen (secondary N) is 1. The number of aryl methyl sites for hydroxylation is 1. The van der Waals surface area contributed by atoms with Gasteiger partial charge in [0.15, 0.2) is 0 Å². The first-order valence-electron chi connectivity index (χ1n) is 9.35. The molecule has 0 heterocycles. The summed E-state index contributed by atoms with van der Waals surface area (Å²) in [6.45, 7) is 6.73. The van der Waals surface area contributed by atoms with Crippen LogP contribution in [-0.4, -0.2) is 16.9 Å². The van der Waals surface area contributed by atoms with Gasteiger partial charge in [-0.25, -0.2) is 15.2 Å². The normalized spacial score (nSPS) is 11.1. The Morgan fingerprint density at radius 1 is 1.00 bits per heavy atom. The minimum Gasteiger partial charge on any atom is -0.350 e. The fraction of sp³-hybridized carbons (Fsp3) is 0.364. The third kappa shape index (κ3) is 7.00. The minimum absolute atomic E-state index is 0.0620. The van der Waals surface area contributed by atoms with Crippen LogP contribution < -0.4 is 11.2 Å². The van der Waals surface area contributed by atoms with Gasteiger partial charge in [0.25, 0.3) is 0 Å². The Labute approximate surface area is 175 Å². The number of urea groups is 1. The highest BCUT2D eigenvalue weighted by Crippen LogP contribution is 2.22. The van der Waals surface area contributed by atoms with Gasteiger partial charge in [-0.15, -0.1) is 0 Å². The van der Waals surface area contributed by atoms with Gasteiger partial charge in [-0.2, -0.15) is 0 Å². The fourth-order valence-corrected chi connectivity index (χ4v) is 3.11. The molecule has 0 radical (unpaired) electrons. The molecule has 3 N–H and O–H groups in total. The van der Waals surface area contributed by atoms with Crippen LogP contribution in [0.3, 0.4) is 0 Å². The molecule has 2 aromatic carbocycles. The van der Waals surface area contributed by atoms with Crippen molar-refractivity contribution in [1.82, 2.24) is 10.4 Å². The monoisotopic (exact) mass is 445 g/mol. The van der Waals surface area contributed by atoms with Gasteiger partial charge in [0.1, 0.15) is 0 Å². The smallest absolute Gasteiger partial charge is 0.331 e. The molecule has 0 saturated carbocycles. The second-order valence-electron chi connectivity index (χ2n) is 7.88. The number of carbonyl (C=O) groups excluding carboxylic acids is 2. The topological polar surface area (TPSA) is 75.4 Å². The van der Waals surface area contributed by atoms with Gasteiger partial charge < -0.3 is 5.73 Å². The number of rotatable bonds is 6. The highest BCUT2D eigenvalue weighted by Gasteiger charge is 2.17. The highest BCUT2D eigenvalue weighted by molar-refractivity contribution is 9.10. The molecule has 3 amide bonds. The Hall–Kier alpha value is -2.34. The molecule has 5 nitrogen and oxygen atoms in total. The van der Waals surface area contributed by atoms with Gasteiger partial charge >= 0.3 is 6.03 Å². The van der Waals surface area contributed by atoms with E-state index in [9.17, 15) is 9.59 Å². The number of halogens is 1. The van der Waals surface area contributed by atoms with Crippen molar-refractivity contribution in [2.75, 3.05) is 0 Å². The SMILES string of the molecule is CC(C)(C)c1ccc(CN(NC(N)=O)C(=O)CCCc2ccc(Br)cc2)cc1. The zero-order chi connectivity index (χ0) is 20.7. The zero-order valence-corrected chi connectivity index (χ0v) is 18.3. The lowest BCUT2D eigenvalue weighted by atomic mass is 9.87. The van der Waals surface area contributed by atoms with Gasteiger partial charge in [0, 0.05) is 10.9 Å². The lowest BCUT2D eigenvalue weighted by Crippen LogP contribution is -2.47. The van der Waals surface area contributed by atoms with E-state index >= 15 is 0 Å². The molecule has 0 atom stereocenters. The molecule has 0 bridgehead atoms. The summed E-state index contributed by atoms with van der Waals surface area (Å²) in [4.78, 5) is 23.9. The third-order valence-corrected chi connectivity index (χ3v) is 5.00. The van der Waals surface area contributed by atoms with Crippen molar-refractivity contribution in [2.45, 2.75) is 52.0 Å². The average molecular weight is 446 g/mol. The molecule has 2 aromatic rings. The molecule has 0 aromatic heterocycles. The molecule has 28 heavy (non-hydrogen) atoms. The Kier molecular flexibility index (Phi) is 7.63. The predicted molar refractivity (Wildman–Crippen MR) is 115 cm³/mol. The van der Waals surface area contributed by atoms with Gasteiger partial charge in [-0.3, -0.25) is 4.79 Å². The van der Waals surface area contributed by atoms with Crippen molar-refractivity contribution < 1.29 is 9.59 Å². The molecule has 0 fully saturated rings. The third-order valence-electron chi connectivity index (χ3n) is 4.48. The number of hydrogen-bond donors (Lipinski definition) is 2. The second kappa shape index (κ2) is 9.73. The van der Waals surface area contributed by atoms with Crippen molar-refractivity contribution in [1.29, 1.82) is 0 Å². The maximum atomic E-state index is 12.6. The van der Waals surface area contributed by atoms with Crippen LogP contribution in [0, 0.1) is 0 Å². The molecule has 0 aliphatic carbocycles. The minimum atomic E-state index is -0.743. The molecular formula is C22H28BrN3O2. The van der Waals surface area contributed by atoms with Gasteiger partial charge in [-0.1, -0.05) is 73.1 Å². The van der Waals surface area contributed by atoms with E-state index < -0.39 is 6.03 Å². The number of benzene rings is 2. The van der Waals surface area contributed by atoms with Crippen LogP contribution >= 0.6 is 15.9 Å². The summed E-state index contributed by atoms with van der Waals surface area (Å²) in [6.07, 6.45) is 1.82. The van der Waals surface area contributed by atoms with E-state index in [1.54, 1.807) is 0 Å². The first kappa shape index (κ1) is 22.0. The van der Waals surface area contributed by atoms with Crippen LogP contribution in [-0.2, 0) is 23.2 Å². The average Bonchev–Trinajstić information content (AvgIpc) is 2.62. The first-order chi connectivity index (χ1) is 13.1. The number of carbonyl (C=O) groups is 2. The Morgan fingerprint density at radius 2 is 1.57 bits per heavy atom. The number of nitrogens with two attached hydrogens (primary N) is 1. The number of nitrogens with zero attached hydrogens (tertiary/aromatic N) is 1. The maximum Gasteiger partial charge on any atom is 0.331 e. The summed E-state index contributed by atoms with van der Waals surface area (Å²) in [5.41, 5.74) is 11.1. The Bertz CT molecular complexity index is 796. The number of hydrazine groups is 1. The van der Waals surface area contributed by atoms with E-state index in [1.807, 2.05) is 36.4 Å². The first-order valence-corrected chi connectivity index (χ1v) is 10.1. The molecule has 0 aliphatic heterocycles. The summed E-state index contributed by atoms with van der Waals surface area (Å²) in [5.74, 6) is -0.157. The summed E-state index contributed by atoms with van der Waals surface area (Å²) in [5, 5.41) is 1.30. The number of primary amides is 1. The van der Waals surface area contributed by atoms with Crippen molar-refractivity contribution in [3.8, 4) is 0 Å². The van der Waals surface area contributed by atoms with Crippen LogP contribution in [0.4, 0.5) is 4.79 Å². The van der Waals surface area contributed by atoms with E-state index in [-0.39, 0.29) is 17.9 Å². The highest BCUT2D eigenvalue weighted by atomic mass is 79.9. The summed E-state index contributed by atoms with van der Waals surface area (Å²) in [7, 11) is 0. The zero-order valence-electron chi connectivity index (χ0n) is 16.7. The summed E-state index contributed by atoms with van der Waals surface area (Å²) < 4.78 is 1.03. The largest absolute Gasteiger partial charge is 0.350 e. The Balaban J connectivity index is 1.96. The van der Waals surface area contributed by atoms with Crippen LogP contribution in [0.2, 0.25) is 0 Å². The molecular weight excluding hydrogens is 418 g/mol. The van der Waals surface area contributed by atoms with E-state index in [0.29, 0.717) is 12.8 Å². The van der Waals surface area contributed by atoms with Crippen molar-refractivity contribution in [3.05, 3.63) is 69.7 Å². The Morgan fingerprint density at radius 3 is 2.11 bits per heavy atom. The molecule has 0 unspecified atom stereocenters. The second-order valence-corrected chi connectivity index (χ2v) is 8.80. The number of amides is 3. The van der Waals surface area contributed by atoms with Crippen molar-refractivity contribution >= 4 is 27.9 Å². The van der Waals surface area contributed by atoms with E-state index in [1.165, 1.54) is 16.1 Å². The molecule has 0 spiro atoms.